The van der Waals surface area contributed by atoms with E-state index in [0.717, 1.165) is 25.0 Å². The van der Waals surface area contributed by atoms with E-state index in [1.807, 2.05) is 11.3 Å². The van der Waals surface area contributed by atoms with Crippen molar-refractivity contribution in [2.45, 2.75) is 45.2 Å². The maximum atomic E-state index is 4.60. The summed E-state index contributed by atoms with van der Waals surface area (Å²) in [4.78, 5) is 8.52. The maximum Gasteiger partial charge on any atom is 0.185 e. The van der Waals surface area contributed by atoms with Gasteiger partial charge in [-0.2, -0.15) is 0 Å². The molecule has 1 saturated heterocycles. The van der Waals surface area contributed by atoms with Gasteiger partial charge in [-0.1, -0.05) is 6.92 Å². The summed E-state index contributed by atoms with van der Waals surface area (Å²) < 4.78 is 0. The topological polar surface area (TPSA) is 28.2 Å². The standard InChI is InChI=1S/C13H21N3S/c1-2-5-14-7-12-8-15-13(17-12)16-9-10-3-4-11(16)6-10/h8,10-11,14H,2-7,9H2,1H3. The van der Waals surface area contributed by atoms with E-state index in [4.69, 9.17) is 0 Å². The first-order valence-corrected chi connectivity index (χ1v) is 7.60. The molecule has 94 valence electrons. The predicted molar refractivity (Wildman–Crippen MR) is 72.6 cm³/mol. The molecule has 1 aliphatic carbocycles. The van der Waals surface area contributed by atoms with E-state index < -0.39 is 0 Å². The van der Waals surface area contributed by atoms with Crippen LogP contribution in [-0.4, -0.2) is 24.1 Å². The molecule has 0 aromatic carbocycles. The zero-order valence-corrected chi connectivity index (χ0v) is 11.3. The summed E-state index contributed by atoms with van der Waals surface area (Å²) in [5, 5.41) is 4.70. The number of nitrogens with zero attached hydrogens (tertiary/aromatic N) is 2. The average Bonchev–Trinajstić information content (AvgIpc) is 3.04. The van der Waals surface area contributed by atoms with E-state index in [1.54, 1.807) is 0 Å². The summed E-state index contributed by atoms with van der Waals surface area (Å²) in [5.74, 6) is 0.950. The summed E-state index contributed by atoms with van der Waals surface area (Å²) in [6.07, 6.45) is 7.48. The molecule has 2 aliphatic rings. The lowest BCUT2D eigenvalue weighted by Crippen LogP contribution is -2.31. The second-order valence-electron chi connectivity index (χ2n) is 5.27. The van der Waals surface area contributed by atoms with Crippen LogP contribution in [0, 0.1) is 5.92 Å². The fraction of sp³-hybridized carbons (Fsp3) is 0.769. The third-order valence-electron chi connectivity index (χ3n) is 3.92. The quantitative estimate of drug-likeness (QED) is 0.815. The van der Waals surface area contributed by atoms with Crippen molar-refractivity contribution in [3.63, 3.8) is 0 Å². The van der Waals surface area contributed by atoms with E-state index in [-0.39, 0.29) is 0 Å². The summed E-state index contributed by atoms with van der Waals surface area (Å²) in [6.45, 7) is 5.53. The maximum absolute atomic E-state index is 4.60. The molecule has 4 heteroatoms. The zero-order chi connectivity index (χ0) is 11.7. The number of piperidine rings is 1. The predicted octanol–water partition coefficient (Wildman–Crippen LogP) is 2.63. The lowest BCUT2D eigenvalue weighted by atomic mass is 10.1. The monoisotopic (exact) mass is 251 g/mol. The molecule has 1 saturated carbocycles. The van der Waals surface area contributed by atoms with Crippen molar-refractivity contribution in [1.29, 1.82) is 0 Å². The molecule has 2 unspecified atom stereocenters. The second kappa shape index (κ2) is 4.94. The van der Waals surface area contributed by atoms with Crippen molar-refractivity contribution in [2.24, 2.45) is 5.92 Å². The van der Waals surface area contributed by atoms with E-state index in [9.17, 15) is 0 Å². The molecule has 3 rings (SSSR count). The number of nitrogens with one attached hydrogen (secondary N) is 1. The van der Waals surface area contributed by atoms with Gasteiger partial charge < -0.3 is 10.2 Å². The Hall–Kier alpha value is -0.610. The molecular weight excluding hydrogens is 230 g/mol. The first-order chi connectivity index (χ1) is 8.36. The molecule has 0 radical (unpaired) electrons. The molecule has 0 amide bonds. The Morgan fingerprint density at radius 3 is 3.18 bits per heavy atom. The average molecular weight is 251 g/mol. The van der Waals surface area contributed by atoms with Gasteiger partial charge in [0, 0.05) is 30.2 Å². The molecule has 1 aromatic heterocycles. The van der Waals surface area contributed by atoms with Crippen LogP contribution in [0.4, 0.5) is 5.13 Å². The molecular formula is C13H21N3S. The Balaban J connectivity index is 1.60. The zero-order valence-electron chi connectivity index (χ0n) is 10.5. The van der Waals surface area contributed by atoms with Gasteiger partial charge in [-0.3, -0.25) is 0 Å². The van der Waals surface area contributed by atoms with Crippen LogP contribution in [0.25, 0.3) is 0 Å². The highest BCUT2D eigenvalue weighted by Gasteiger charge is 2.38. The van der Waals surface area contributed by atoms with Crippen molar-refractivity contribution in [3.8, 4) is 0 Å². The van der Waals surface area contributed by atoms with Crippen LogP contribution in [0.3, 0.4) is 0 Å². The number of fused-ring (bicyclic) bond motifs is 2. The Labute approximate surface area is 107 Å². The lowest BCUT2D eigenvalue weighted by Gasteiger charge is -2.26. The number of hydrogen-bond donors (Lipinski definition) is 1. The van der Waals surface area contributed by atoms with Crippen LogP contribution in [0.1, 0.15) is 37.5 Å². The third kappa shape index (κ3) is 2.33. The van der Waals surface area contributed by atoms with Crippen molar-refractivity contribution < 1.29 is 0 Å². The highest BCUT2D eigenvalue weighted by atomic mass is 32.1. The number of anilines is 1. The number of hydrogen-bond acceptors (Lipinski definition) is 4. The van der Waals surface area contributed by atoms with E-state index in [2.05, 4.69) is 28.3 Å². The van der Waals surface area contributed by atoms with Crippen LogP contribution in [-0.2, 0) is 6.54 Å². The third-order valence-corrected chi connectivity index (χ3v) is 4.96. The van der Waals surface area contributed by atoms with E-state index in [1.165, 1.54) is 42.2 Å². The van der Waals surface area contributed by atoms with Gasteiger partial charge in [0.15, 0.2) is 5.13 Å². The van der Waals surface area contributed by atoms with Gasteiger partial charge in [0.25, 0.3) is 0 Å². The van der Waals surface area contributed by atoms with Crippen molar-refractivity contribution in [3.05, 3.63) is 11.1 Å². The Morgan fingerprint density at radius 2 is 2.47 bits per heavy atom. The van der Waals surface area contributed by atoms with Crippen LogP contribution in [0.15, 0.2) is 6.20 Å². The summed E-state index contributed by atoms with van der Waals surface area (Å²) >= 11 is 1.87. The number of rotatable bonds is 5. The minimum Gasteiger partial charge on any atom is -0.345 e. The van der Waals surface area contributed by atoms with Gasteiger partial charge in [-0.15, -0.1) is 11.3 Å². The van der Waals surface area contributed by atoms with Crippen LogP contribution < -0.4 is 10.2 Å². The molecule has 1 aliphatic heterocycles. The fourth-order valence-electron chi connectivity index (χ4n) is 3.06. The lowest BCUT2D eigenvalue weighted by molar-refractivity contribution is 0.553. The van der Waals surface area contributed by atoms with Gasteiger partial charge in [0.1, 0.15) is 0 Å². The molecule has 2 atom stereocenters. The minimum absolute atomic E-state index is 0.794. The highest BCUT2D eigenvalue weighted by molar-refractivity contribution is 7.15. The smallest absolute Gasteiger partial charge is 0.185 e. The Morgan fingerprint density at radius 1 is 1.53 bits per heavy atom. The number of aromatic nitrogens is 1. The summed E-state index contributed by atoms with van der Waals surface area (Å²) in [6, 6.07) is 0.794. The first kappa shape index (κ1) is 11.5. The molecule has 2 bridgehead atoms. The molecule has 2 fully saturated rings. The van der Waals surface area contributed by atoms with Gasteiger partial charge >= 0.3 is 0 Å². The minimum atomic E-state index is 0.794. The first-order valence-electron chi connectivity index (χ1n) is 6.79. The second-order valence-corrected chi connectivity index (χ2v) is 6.36. The largest absolute Gasteiger partial charge is 0.345 e. The SMILES string of the molecule is CCCNCc1cnc(N2CC3CCC2C3)s1. The van der Waals surface area contributed by atoms with Crippen LogP contribution in [0.2, 0.25) is 0 Å². The molecule has 1 N–H and O–H groups in total. The van der Waals surface area contributed by atoms with Gasteiger partial charge in [0.2, 0.25) is 0 Å². The van der Waals surface area contributed by atoms with Crippen molar-refractivity contribution >= 4 is 16.5 Å². The van der Waals surface area contributed by atoms with Crippen molar-refractivity contribution in [1.82, 2.24) is 10.3 Å². The fourth-order valence-corrected chi connectivity index (χ4v) is 4.02. The Kier molecular flexibility index (Phi) is 3.34. The summed E-state index contributed by atoms with van der Waals surface area (Å²) in [5.41, 5.74) is 0. The van der Waals surface area contributed by atoms with E-state index in [0.29, 0.717) is 0 Å². The summed E-state index contributed by atoms with van der Waals surface area (Å²) in [7, 11) is 0. The molecule has 1 aromatic rings. The van der Waals surface area contributed by atoms with Gasteiger partial charge in [-0.25, -0.2) is 4.98 Å². The van der Waals surface area contributed by atoms with Gasteiger partial charge in [0.05, 0.1) is 0 Å². The van der Waals surface area contributed by atoms with Gasteiger partial charge in [-0.05, 0) is 38.1 Å². The molecule has 2 heterocycles. The van der Waals surface area contributed by atoms with Crippen LogP contribution >= 0.6 is 11.3 Å². The molecule has 3 nitrogen and oxygen atoms in total. The van der Waals surface area contributed by atoms with Crippen LogP contribution in [0.5, 0.6) is 0 Å². The normalized spacial score (nSPS) is 27.0. The molecule has 0 spiro atoms. The number of thiazole rings is 1. The van der Waals surface area contributed by atoms with E-state index >= 15 is 0 Å². The Bertz CT molecular complexity index is 376. The molecule has 17 heavy (non-hydrogen) atoms. The van der Waals surface area contributed by atoms with Crippen molar-refractivity contribution in [2.75, 3.05) is 18.0 Å². The highest BCUT2D eigenvalue weighted by Crippen LogP contribution is 2.41.